The molecule has 0 atom stereocenters. The van der Waals surface area contributed by atoms with Crippen LogP contribution in [0.2, 0.25) is 0 Å². The van der Waals surface area contributed by atoms with Gasteiger partial charge in [0, 0.05) is 24.7 Å². The largest absolute Gasteiger partial charge is 0.489 e. The van der Waals surface area contributed by atoms with Crippen LogP contribution in [0.1, 0.15) is 33.0 Å². The smallest absolute Gasteiger partial charge is 0.407 e. The fraction of sp³-hybridized carbons (Fsp3) is 0.421. The summed E-state index contributed by atoms with van der Waals surface area (Å²) in [4.78, 5) is 15.4. The summed E-state index contributed by atoms with van der Waals surface area (Å²) >= 11 is 0. The molecular formula is C19H23F3N4O3. The Balaban J connectivity index is 1.90. The zero-order valence-electron chi connectivity index (χ0n) is 16.6. The molecule has 1 heterocycles. The maximum Gasteiger partial charge on any atom is 0.407 e. The predicted molar refractivity (Wildman–Crippen MR) is 100 cm³/mol. The number of carbonyl (C=O) groups excluding carboxylic acids is 1. The lowest BCUT2D eigenvalue weighted by Gasteiger charge is -2.20. The molecule has 0 bridgehead atoms. The maximum atomic E-state index is 13.0. The average Bonchev–Trinajstić information content (AvgIpc) is 3.03. The van der Waals surface area contributed by atoms with Crippen LogP contribution in [0.4, 0.5) is 18.0 Å². The summed E-state index contributed by atoms with van der Waals surface area (Å²) in [6.45, 7) is 5.00. The van der Waals surface area contributed by atoms with E-state index in [2.05, 4.69) is 15.4 Å². The van der Waals surface area contributed by atoms with E-state index in [1.165, 1.54) is 7.05 Å². The Morgan fingerprint density at radius 1 is 1.28 bits per heavy atom. The van der Waals surface area contributed by atoms with Gasteiger partial charge in [-0.1, -0.05) is 0 Å². The third-order valence-corrected chi connectivity index (χ3v) is 3.54. The Morgan fingerprint density at radius 3 is 2.45 bits per heavy atom. The Labute approximate surface area is 166 Å². The molecule has 2 aromatic rings. The van der Waals surface area contributed by atoms with E-state index in [-0.39, 0.29) is 24.5 Å². The van der Waals surface area contributed by atoms with Gasteiger partial charge in [-0.3, -0.25) is 0 Å². The Hall–Kier alpha value is -3.04. The summed E-state index contributed by atoms with van der Waals surface area (Å²) in [5.74, 6) is 0.172. The number of amides is 1. The van der Waals surface area contributed by atoms with Gasteiger partial charge < -0.3 is 14.8 Å². The standard InChI is InChI=1S/C19H23F3N4O3/c1-19(2,3)29-18(27)23-10-12(9-20)11-28-14-7-5-13(6-8-14)16-24-17(15(21)22)26(4)25-16/h5-9,15H,10-11H2,1-4H3,(H,23,27)/b12-9+. The lowest BCUT2D eigenvalue weighted by molar-refractivity contribution is 0.0531. The second kappa shape index (κ2) is 9.44. The van der Waals surface area contributed by atoms with Gasteiger partial charge in [-0.2, -0.15) is 5.10 Å². The second-order valence-corrected chi connectivity index (χ2v) is 7.15. The fourth-order valence-electron chi connectivity index (χ4n) is 2.21. The highest BCUT2D eigenvalue weighted by Gasteiger charge is 2.18. The van der Waals surface area contributed by atoms with Gasteiger partial charge >= 0.3 is 6.09 Å². The minimum Gasteiger partial charge on any atom is -0.489 e. The molecule has 0 radical (unpaired) electrons. The molecular weight excluding hydrogens is 389 g/mol. The van der Waals surface area contributed by atoms with E-state index in [0.29, 0.717) is 17.6 Å². The molecule has 0 fully saturated rings. The third kappa shape index (κ3) is 6.81. The summed E-state index contributed by atoms with van der Waals surface area (Å²) in [5.41, 5.74) is 0.0844. The van der Waals surface area contributed by atoms with E-state index >= 15 is 0 Å². The van der Waals surface area contributed by atoms with Crippen LogP contribution < -0.4 is 10.1 Å². The van der Waals surface area contributed by atoms with Gasteiger partial charge in [0.15, 0.2) is 11.6 Å². The number of benzene rings is 1. The van der Waals surface area contributed by atoms with Gasteiger partial charge in [0.1, 0.15) is 18.0 Å². The van der Waals surface area contributed by atoms with Crippen LogP contribution in [-0.2, 0) is 11.8 Å². The minimum atomic E-state index is -2.72. The Bertz CT molecular complexity index is 859. The molecule has 0 aliphatic rings. The van der Waals surface area contributed by atoms with Gasteiger partial charge in [-0.15, -0.1) is 0 Å². The fourth-order valence-corrected chi connectivity index (χ4v) is 2.21. The number of alkyl halides is 2. The van der Waals surface area contributed by atoms with Crippen molar-refractivity contribution in [2.75, 3.05) is 13.2 Å². The molecule has 0 saturated carbocycles. The number of carbonyl (C=O) groups is 1. The van der Waals surface area contributed by atoms with E-state index < -0.39 is 23.9 Å². The molecule has 0 unspecified atom stereocenters. The summed E-state index contributed by atoms with van der Waals surface area (Å²) in [5, 5.41) is 6.40. The molecule has 0 aliphatic heterocycles. The van der Waals surface area contributed by atoms with Crippen LogP contribution in [0.15, 0.2) is 36.2 Å². The van der Waals surface area contributed by atoms with Crippen molar-refractivity contribution in [1.82, 2.24) is 20.1 Å². The van der Waals surface area contributed by atoms with Crippen molar-refractivity contribution in [3.63, 3.8) is 0 Å². The molecule has 7 nitrogen and oxygen atoms in total. The van der Waals surface area contributed by atoms with E-state index in [1.54, 1.807) is 45.0 Å². The normalized spacial score (nSPS) is 12.2. The molecule has 1 aromatic heterocycles. The molecule has 158 valence electrons. The third-order valence-electron chi connectivity index (χ3n) is 3.54. The van der Waals surface area contributed by atoms with Crippen molar-refractivity contribution in [3.05, 3.63) is 42.0 Å². The van der Waals surface area contributed by atoms with Gasteiger partial charge in [-0.25, -0.2) is 27.6 Å². The van der Waals surface area contributed by atoms with Crippen LogP contribution >= 0.6 is 0 Å². The zero-order chi connectivity index (χ0) is 21.6. The molecule has 1 amide bonds. The maximum absolute atomic E-state index is 13.0. The molecule has 2 rings (SSSR count). The number of halogens is 3. The van der Waals surface area contributed by atoms with Crippen LogP contribution in [-0.4, -0.2) is 39.6 Å². The second-order valence-electron chi connectivity index (χ2n) is 7.15. The summed E-state index contributed by atoms with van der Waals surface area (Å²) in [6.07, 6.45) is -3.02. The van der Waals surface area contributed by atoms with Crippen molar-refractivity contribution < 1.29 is 27.4 Å². The summed E-state index contributed by atoms with van der Waals surface area (Å²) < 4.78 is 50.2. The zero-order valence-corrected chi connectivity index (χ0v) is 16.6. The van der Waals surface area contributed by atoms with Crippen molar-refractivity contribution >= 4 is 6.09 Å². The number of aromatic nitrogens is 3. The van der Waals surface area contributed by atoms with Gasteiger partial charge in [0.25, 0.3) is 6.43 Å². The van der Waals surface area contributed by atoms with Crippen molar-refractivity contribution in [3.8, 4) is 17.1 Å². The Morgan fingerprint density at radius 2 is 1.93 bits per heavy atom. The highest BCUT2D eigenvalue weighted by Crippen LogP contribution is 2.23. The number of hydrogen-bond donors (Lipinski definition) is 1. The number of rotatable bonds is 7. The topological polar surface area (TPSA) is 78.3 Å². The van der Waals surface area contributed by atoms with Crippen LogP contribution in [0, 0.1) is 0 Å². The SMILES string of the molecule is Cn1nc(-c2ccc(OC/C(=C/F)CNC(=O)OC(C)(C)C)cc2)nc1C(F)F. The first kappa shape index (κ1) is 22.3. The first-order chi connectivity index (χ1) is 13.6. The van der Waals surface area contributed by atoms with Gasteiger partial charge in [0.2, 0.25) is 0 Å². The van der Waals surface area contributed by atoms with E-state index in [4.69, 9.17) is 9.47 Å². The lowest BCUT2D eigenvalue weighted by atomic mass is 10.2. The number of ether oxygens (including phenoxy) is 2. The van der Waals surface area contributed by atoms with E-state index in [0.717, 1.165) is 4.68 Å². The van der Waals surface area contributed by atoms with Crippen LogP contribution in [0.3, 0.4) is 0 Å². The van der Waals surface area contributed by atoms with Crippen LogP contribution in [0.5, 0.6) is 5.75 Å². The molecule has 29 heavy (non-hydrogen) atoms. The molecule has 0 aliphatic carbocycles. The number of nitrogens with one attached hydrogen (secondary N) is 1. The van der Waals surface area contributed by atoms with Crippen molar-refractivity contribution in [2.45, 2.75) is 32.8 Å². The van der Waals surface area contributed by atoms with Crippen molar-refractivity contribution in [2.24, 2.45) is 7.05 Å². The molecule has 0 spiro atoms. The molecule has 1 aromatic carbocycles. The van der Waals surface area contributed by atoms with Crippen LogP contribution in [0.25, 0.3) is 11.4 Å². The monoisotopic (exact) mass is 412 g/mol. The van der Waals surface area contributed by atoms with Crippen molar-refractivity contribution in [1.29, 1.82) is 0 Å². The van der Waals surface area contributed by atoms with Gasteiger partial charge in [0.05, 0.1) is 6.33 Å². The van der Waals surface area contributed by atoms with E-state index in [9.17, 15) is 18.0 Å². The first-order valence-electron chi connectivity index (χ1n) is 8.76. The lowest BCUT2D eigenvalue weighted by Crippen LogP contribution is -2.34. The highest BCUT2D eigenvalue weighted by atomic mass is 19.3. The van der Waals surface area contributed by atoms with Gasteiger partial charge in [-0.05, 0) is 45.0 Å². The number of hydrogen-bond acceptors (Lipinski definition) is 5. The molecule has 10 heteroatoms. The predicted octanol–water partition coefficient (Wildman–Crippen LogP) is 4.18. The number of nitrogens with zero attached hydrogens (tertiary/aromatic N) is 3. The summed E-state index contributed by atoms with van der Waals surface area (Å²) in [6, 6.07) is 6.39. The Kier molecular flexibility index (Phi) is 7.24. The average molecular weight is 412 g/mol. The highest BCUT2D eigenvalue weighted by molar-refractivity contribution is 5.68. The molecule has 0 saturated heterocycles. The molecule has 1 N–H and O–H groups in total. The van der Waals surface area contributed by atoms with E-state index in [1.807, 2.05) is 0 Å². The quantitative estimate of drug-likeness (QED) is 0.738. The number of alkyl carbamates (subject to hydrolysis) is 1. The number of aryl methyl sites for hydroxylation is 1. The first-order valence-corrected chi connectivity index (χ1v) is 8.76. The summed E-state index contributed by atoms with van der Waals surface area (Å²) in [7, 11) is 1.39. The minimum absolute atomic E-state index is 0.0717.